The molecule has 0 aliphatic carbocycles. The van der Waals surface area contributed by atoms with Gasteiger partial charge in [-0.15, -0.1) is 0 Å². The van der Waals surface area contributed by atoms with Crippen LogP contribution >= 0.6 is 11.6 Å². The number of carbonyl (C=O) groups is 1. The van der Waals surface area contributed by atoms with Crippen molar-refractivity contribution >= 4 is 23.0 Å². The summed E-state index contributed by atoms with van der Waals surface area (Å²) in [5.74, 6) is 3.78. The number of hydrogen-bond acceptors (Lipinski definition) is 3. The summed E-state index contributed by atoms with van der Waals surface area (Å²) in [6.45, 7) is 0.141. The van der Waals surface area contributed by atoms with Gasteiger partial charge < -0.3 is 9.47 Å². The second-order valence-electron chi connectivity index (χ2n) is 7.48. The smallest absolute Gasteiger partial charge is 0.277 e. The molecule has 0 unspecified atom stereocenters. The van der Waals surface area contributed by atoms with Crippen molar-refractivity contribution in [2.75, 3.05) is 19.8 Å². The summed E-state index contributed by atoms with van der Waals surface area (Å²) in [6.07, 6.45) is 2.83. The van der Waals surface area contributed by atoms with Crippen LogP contribution in [0.5, 0.6) is 0 Å². The summed E-state index contributed by atoms with van der Waals surface area (Å²) in [4.78, 5) is 26.9. The zero-order chi connectivity index (χ0) is 22.3. The van der Waals surface area contributed by atoms with E-state index in [9.17, 15) is 22.8 Å². The van der Waals surface area contributed by atoms with Crippen LogP contribution < -0.4 is 5.56 Å². The Morgan fingerprint density at radius 1 is 1.32 bits per heavy atom. The largest absolute Gasteiger partial charge is 0.335 e. The van der Waals surface area contributed by atoms with Gasteiger partial charge in [0.2, 0.25) is 5.91 Å². The quantitative estimate of drug-likeness (QED) is 0.579. The SMILES string of the molecule is CC1(F)CN(C(=O)Cn2ccn3nc(C#CCF)c(-c4ccc(F)c(Cl)c4)c3c2=O)C1. The number of carbonyl (C=O) groups excluding carboxylic acids is 1. The Morgan fingerprint density at radius 3 is 2.71 bits per heavy atom. The molecule has 1 aliphatic rings. The zero-order valence-electron chi connectivity index (χ0n) is 16.3. The lowest BCUT2D eigenvalue weighted by atomic mass is 9.99. The molecule has 0 bridgehead atoms. The summed E-state index contributed by atoms with van der Waals surface area (Å²) in [5, 5.41) is 4.06. The maximum absolute atomic E-state index is 13.7. The standard InChI is InChI=1S/C21H16ClF3N4O2/c1-21(25)11-28(12-21)17(30)10-27-7-8-29-19(20(27)31)18(16(26-29)3-2-6-23)13-4-5-15(24)14(22)9-13/h4-5,7-9H,6,10-12H2,1H3. The van der Waals surface area contributed by atoms with E-state index in [1.165, 1.54) is 45.4 Å². The second kappa shape index (κ2) is 7.78. The molecule has 1 fully saturated rings. The fraction of sp³-hybridized carbons (Fsp3) is 0.286. The average molecular weight is 449 g/mol. The molecule has 3 heterocycles. The molecule has 10 heteroatoms. The minimum Gasteiger partial charge on any atom is -0.335 e. The molecule has 0 atom stereocenters. The lowest BCUT2D eigenvalue weighted by Crippen LogP contribution is -2.60. The van der Waals surface area contributed by atoms with Gasteiger partial charge in [0, 0.05) is 18.0 Å². The summed E-state index contributed by atoms with van der Waals surface area (Å²) >= 11 is 5.90. The van der Waals surface area contributed by atoms with Crippen LogP contribution in [0.1, 0.15) is 12.6 Å². The minimum atomic E-state index is -1.42. The van der Waals surface area contributed by atoms with Gasteiger partial charge in [-0.25, -0.2) is 17.7 Å². The van der Waals surface area contributed by atoms with Crippen LogP contribution in [-0.4, -0.2) is 50.4 Å². The monoisotopic (exact) mass is 448 g/mol. The van der Waals surface area contributed by atoms with E-state index >= 15 is 0 Å². The van der Waals surface area contributed by atoms with Crippen molar-refractivity contribution in [3.63, 3.8) is 0 Å². The molecule has 0 spiro atoms. The van der Waals surface area contributed by atoms with Gasteiger partial charge in [0.25, 0.3) is 5.56 Å². The molecule has 1 saturated heterocycles. The number of alkyl halides is 2. The van der Waals surface area contributed by atoms with Crippen molar-refractivity contribution in [3.05, 3.63) is 57.5 Å². The Hall–Kier alpha value is -3.25. The molecule has 0 N–H and O–H groups in total. The molecule has 1 aliphatic heterocycles. The number of hydrogen-bond donors (Lipinski definition) is 0. The van der Waals surface area contributed by atoms with Crippen LogP contribution in [0.4, 0.5) is 13.2 Å². The van der Waals surface area contributed by atoms with Crippen LogP contribution in [0.3, 0.4) is 0 Å². The van der Waals surface area contributed by atoms with Crippen LogP contribution in [-0.2, 0) is 11.3 Å². The third-order valence-electron chi connectivity index (χ3n) is 4.94. The second-order valence-corrected chi connectivity index (χ2v) is 7.88. The predicted molar refractivity (Wildman–Crippen MR) is 109 cm³/mol. The first-order valence-corrected chi connectivity index (χ1v) is 9.67. The Kier molecular flexibility index (Phi) is 5.27. The third kappa shape index (κ3) is 3.91. The van der Waals surface area contributed by atoms with E-state index in [1.54, 1.807) is 0 Å². The highest BCUT2D eigenvalue weighted by Gasteiger charge is 2.41. The molecule has 2 aromatic heterocycles. The van der Waals surface area contributed by atoms with Crippen molar-refractivity contribution in [1.82, 2.24) is 19.1 Å². The van der Waals surface area contributed by atoms with Crippen molar-refractivity contribution in [1.29, 1.82) is 0 Å². The van der Waals surface area contributed by atoms with Gasteiger partial charge in [0.05, 0.1) is 18.1 Å². The maximum atomic E-state index is 13.7. The molecule has 31 heavy (non-hydrogen) atoms. The van der Waals surface area contributed by atoms with E-state index in [0.717, 1.165) is 6.07 Å². The number of rotatable bonds is 3. The Morgan fingerprint density at radius 2 is 2.06 bits per heavy atom. The predicted octanol–water partition coefficient (Wildman–Crippen LogP) is 2.85. The summed E-state index contributed by atoms with van der Waals surface area (Å²) < 4.78 is 42.4. The molecule has 1 aromatic carbocycles. The van der Waals surface area contributed by atoms with E-state index in [-0.39, 0.29) is 41.4 Å². The van der Waals surface area contributed by atoms with E-state index in [2.05, 4.69) is 16.9 Å². The zero-order valence-corrected chi connectivity index (χ0v) is 17.1. The lowest BCUT2D eigenvalue weighted by molar-refractivity contribution is -0.144. The van der Waals surface area contributed by atoms with Crippen molar-refractivity contribution in [3.8, 4) is 23.0 Å². The van der Waals surface area contributed by atoms with Gasteiger partial charge in [0.15, 0.2) is 6.67 Å². The molecule has 3 aromatic rings. The van der Waals surface area contributed by atoms with Gasteiger partial charge in [-0.3, -0.25) is 9.59 Å². The molecule has 4 rings (SSSR count). The van der Waals surface area contributed by atoms with E-state index in [0.29, 0.717) is 5.56 Å². The summed E-state index contributed by atoms with van der Waals surface area (Å²) in [6, 6.07) is 3.86. The Balaban J connectivity index is 1.82. The molecule has 0 radical (unpaired) electrons. The lowest BCUT2D eigenvalue weighted by Gasteiger charge is -2.42. The number of nitrogens with zero attached hydrogens (tertiary/aromatic N) is 4. The van der Waals surface area contributed by atoms with Crippen LogP contribution in [0.15, 0.2) is 35.4 Å². The van der Waals surface area contributed by atoms with Crippen molar-refractivity contribution < 1.29 is 18.0 Å². The first-order chi connectivity index (χ1) is 14.7. The Labute approximate surface area is 179 Å². The highest BCUT2D eigenvalue weighted by molar-refractivity contribution is 6.31. The van der Waals surface area contributed by atoms with E-state index < -0.39 is 29.6 Å². The third-order valence-corrected chi connectivity index (χ3v) is 5.23. The minimum absolute atomic E-state index is 0.0300. The first-order valence-electron chi connectivity index (χ1n) is 9.29. The van der Waals surface area contributed by atoms with Gasteiger partial charge in [0.1, 0.15) is 29.2 Å². The first kappa shape index (κ1) is 21.0. The molecule has 6 nitrogen and oxygen atoms in total. The summed E-state index contributed by atoms with van der Waals surface area (Å²) in [7, 11) is 0. The topological polar surface area (TPSA) is 59.6 Å². The van der Waals surface area contributed by atoms with Crippen molar-refractivity contribution in [2.24, 2.45) is 0 Å². The van der Waals surface area contributed by atoms with Crippen LogP contribution in [0, 0.1) is 17.7 Å². The van der Waals surface area contributed by atoms with Crippen LogP contribution in [0.25, 0.3) is 16.6 Å². The fourth-order valence-corrected chi connectivity index (χ4v) is 3.70. The Bertz CT molecular complexity index is 1310. The fourth-order valence-electron chi connectivity index (χ4n) is 3.52. The van der Waals surface area contributed by atoms with Crippen molar-refractivity contribution in [2.45, 2.75) is 19.1 Å². The van der Waals surface area contributed by atoms with Crippen LogP contribution in [0.2, 0.25) is 5.02 Å². The highest BCUT2D eigenvalue weighted by atomic mass is 35.5. The number of amides is 1. The van der Waals surface area contributed by atoms with Gasteiger partial charge in [-0.2, -0.15) is 5.10 Å². The number of halogens is 4. The van der Waals surface area contributed by atoms with E-state index in [1.807, 2.05) is 0 Å². The normalized spacial score (nSPS) is 14.8. The summed E-state index contributed by atoms with van der Waals surface area (Å²) in [5.41, 5.74) is -1.19. The van der Waals surface area contributed by atoms with Gasteiger partial charge in [-0.1, -0.05) is 23.6 Å². The average Bonchev–Trinajstić information content (AvgIpc) is 3.07. The molecular formula is C21H16ClF3N4O2. The van der Waals surface area contributed by atoms with E-state index in [4.69, 9.17) is 11.6 Å². The van der Waals surface area contributed by atoms with Gasteiger partial charge >= 0.3 is 0 Å². The number of benzene rings is 1. The molecule has 0 saturated carbocycles. The number of fused-ring (bicyclic) bond motifs is 1. The maximum Gasteiger partial charge on any atom is 0.277 e. The number of likely N-dealkylation sites (tertiary alicyclic amines) is 1. The van der Waals surface area contributed by atoms with Gasteiger partial charge in [-0.05, 0) is 30.5 Å². The number of aromatic nitrogens is 3. The molecule has 1 amide bonds. The molecular weight excluding hydrogens is 433 g/mol. The molecule has 160 valence electrons. The highest BCUT2D eigenvalue weighted by Crippen LogP contribution is 2.30.